The van der Waals surface area contributed by atoms with E-state index < -0.39 is 0 Å². The number of carbonyl (C=O) groups excluding carboxylic acids is 2. The van der Waals surface area contributed by atoms with Gasteiger partial charge in [-0.1, -0.05) is 30.3 Å². The first-order valence-corrected chi connectivity index (χ1v) is 10.8. The van der Waals surface area contributed by atoms with E-state index in [0.717, 1.165) is 50.7 Å². The summed E-state index contributed by atoms with van der Waals surface area (Å²) in [5.41, 5.74) is 4.00. The number of aromatic nitrogens is 4. The minimum atomic E-state index is -0.363. The summed E-state index contributed by atoms with van der Waals surface area (Å²) in [7, 11) is 2.75. The first-order chi connectivity index (χ1) is 16.1. The van der Waals surface area contributed by atoms with Crippen molar-refractivity contribution in [2.45, 2.75) is 32.7 Å². The third-order valence-electron chi connectivity index (χ3n) is 5.75. The van der Waals surface area contributed by atoms with Crippen molar-refractivity contribution in [3.8, 4) is 0 Å². The lowest BCUT2D eigenvalue weighted by Crippen LogP contribution is -2.33. The molecule has 0 aliphatic carbocycles. The molecular formula is C23H28N6O4. The van der Waals surface area contributed by atoms with Gasteiger partial charge in [-0.15, -0.1) is 0 Å². The summed E-state index contributed by atoms with van der Waals surface area (Å²) in [6, 6.07) is 10.3. The first-order valence-electron chi connectivity index (χ1n) is 10.8. The number of nitrogens with one attached hydrogen (secondary N) is 1. The van der Waals surface area contributed by atoms with Gasteiger partial charge in [0.05, 0.1) is 38.3 Å². The van der Waals surface area contributed by atoms with Crippen LogP contribution in [0.25, 0.3) is 0 Å². The largest absolute Gasteiger partial charge is 0.464 e. The highest BCUT2D eigenvalue weighted by atomic mass is 16.5. The van der Waals surface area contributed by atoms with E-state index in [9.17, 15) is 9.59 Å². The monoisotopic (exact) mass is 452 g/mol. The molecule has 174 valence electrons. The van der Waals surface area contributed by atoms with Gasteiger partial charge in [0.15, 0.2) is 11.4 Å². The second kappa shape index (κ2) is 10.4. The lowest BCUT2D eigenvalue weighted by molar-refractivity contribution is 0.0582. The maximum Gasteiger partial charge on any atom is 0.358 e. The number of imidazole rings is 2. The molecular weight excluding hydrogens is 424 g/mol. The fourth-order valence-corrected chi connectivity index (χ4v) is 4.01. The normalized spacial score (nSPS) is 15.0. The molecule has 0 fully saturated rings. The van der Waals surface area contributed by atoms with E-state index in [1.54, 1.807) is 12.7 Å². The molecule has 0 saturated heterocycles. The third kappa shape index (κ3) is 5.12. The molecule has 2 aliphatic rings. The van der Waals surface area contributed by atoms with Crippen LogP contribution >= 0.6 is 0 Å². The van der Waals surface area contributed by atoms with Gasteiger partial charge < -0.3 is 23.9 Å². The number of hydrogen-bond acceptors (Lipinski definition) is 8. The Hall–Kier alpha value is -3.50. The Morgan fingerprint density at radius 1 is 0.909 bits per heavy atom. The number of esters is 2. The van der Waals surface area contributed by atoms with Crippen molar-refractivity contribution in [1.29, 1.82) is 0 Å². The van der Waals surface area contributed by atoms with Crippen LogP contribution in [0.1, 0.15) is 37.9 Å². The molecule has 0 saturated carbocycles. The lowest BCUT2D eigenvalue weighted by atomic mass is 10.2. The summed E-state index contributed by atoms with van der Waals surface area (Å²) >= 11 is 0. The molecule has 5 rings (SSSR count). The highest BCUT2D eigenvalue weighted by Crippen LogP contribution is 2.19. The molecule has 0 amide bonds. The number of nitrogens with zero attached hydrogens (tertiary/aromatic N) is 5. The van der Waals surface area contributed by atoms with Crippen molar-refractivity contribution in [3.05, 3.63) is 71.3 Å². The van der Waals surface area contributed by atoms with Gasteiger partial charge in [0.1, 0.15) is 0 Å². The van der Waals surface area contributed by atoms with Gasteiger partial charge in [0, 0.05) is 45.8 Å². The summed E-state index contributed by atoms with van der Waals surface area (Å²) in [6.07, 6.45) is 3.41. The molecule has 1 aromatic carbocycles. The highest BCUT2D eigenvalue weighted by molar-refractivity contribution is 5.88. The van der Waals surface area contributed by atoms with Crippen LogP contribution in [0.4, 0.5) is 0 Å². The molecule has 0 atom stereocenters. The Bertz CT molecular complexity index is 1110. The van der Waals surface area contributed by atoms with E-state index in [-0.39, 0.29) is 11.9 Å². The van der Waals surface area contributed by atoms with Crippen LogP contribution in [0.3, 0.4) is 0 Å². The second-order valence-corrected chi connectivity index (χ2v) is 7.82. The predicted octanol–water partition coefficient (Wildman–Crippen LogP) is 1.46. The quantitative estimate of drug-likeness (QED) is 0.594. The fraction of sp³-hybridized carbons (Fsp3) is 0.391. The number of rotatable bonds is 4. The molecule has 0 bridgehead atoms. The van der Waals surface area contributed by atoms with Gasteiger partial charge in [0.25, 0.3) is 0 Å². The van der Waals surface area contributed by atoms with Crippen molar-refractivity contribution in [3.63, 3.8) is 0 Å². The lowest BCUT2D eigenvalue weighted by Gasteiger charge is -2.28. The van der Waals surface area contributed by atoms with E-state index in [4.69, 9.17) is 4.74 Å². The SMILES string of the molecule is COC(=O)c1ncn2c1CN(Cc1ccccc1)CC2.COC(=O)c1ncn2c1CNCC2. The van der Waals surface area contributed by atoms with Crippen LogP contribution in [-0.2, 0) is 42.2 Å². The van der Waals surface area contributed by atoms with E-state index in [1.807, 2.05) is 27.3 Å². The zero-order valence-electron chi connectivity index (χ0n) is 18.9. The van der Waals surface area contributed by atoms with Crippen LogP contribution in [0.15, 0.2) is 43.0 Å². The number of ether oxygens (including phenoxy) is 2. The average molecular weight is 453 g/mol. The molecule has 33 heavy (non-hydrogen) atoms. The van der Waals surface area contributed by atoms with Gasteiger partial charge in [0.2, 0.25) is 0 Å². The van der Waals surface area contributed by atoms with Crippen molar-refractivity contribution in [1.82, 2.24) is 29.3 Å². The van der Waals surface area contributed by atoms with Gasteiger partial charge in [-0.05, 0) is 5.56 Å². The second-order valence-electron chi connectivity index (χ2n) is 7.82. The maximum atomic E-state index is 11.7. The van der Waals surface area contributed by atoms with Gasteiger partial charge >= 0.3 is 11.9 Å². The molecule has 10 heteroatoms. The minimum absolute atomic E-state index is 0.361. The van der Waals surface area contributed by atoms with Gasteiger partial charge in [-0.3, -0.25) is 4.90 Å². The van der Waals surface area contributed by atoms with E-state index in [2.05, 4.69) is 37.1 Å². The number of hydrogen-bond donors (Lipinski definition) is 1. The standard InChI is InChI=1S/C15H17N3O2.C8H11N3O2/c1-20-15(19)14-13-10-17(7-8-18(13)11-16-14)9-12-5-3-2-4-6-12;1-13-8(12)7-6-4-9-2-3-11(6)5-10-7/h2-6,11H,7-10H2,1H3;5,9H,2-4H2,1H3. The number of methoxy groups -OCH3 is 2. The predicted molar refractivity (Wildman–Crippen MR) is 119 cm³/mol. The summed E-state index contributed by atoms with van der Waals surface area (Å²) in [5, 5.41) is 3.18. The average Bonchev–Trinajstić information content (AvgIpc) is 3.48. The van der Waals surface area contributed by atoms with Crippen LogP contribution in [0, 0.1) is 0 Å². The van der Waals surface area contributed by atoms with E-state index >= 15 is 0 Å². The molecule has 2 aromatic heterocycles. The Kier molecular flexibility index (Phi) is 7.16. The van der Waals surface area contributed by atoms with Crippen molar-refractivity contribution >= 4 is 11.9 Å². The van der Waals surface area contributed by atoms with Crippen LogP contribution in [0.5, 0.6) is 0 Å². The molecule has 2 aliphatic heterocycles. The molecule has 1 N–H and O–H groups in total. The Balaban J connectivity index is 0.000000172. The molecule has 10 nitrogen and oxygen atoms in total. The molecule has 0 unspecified atom stereocenters. The van der Waals surface area contributed by atoms with Crippen LogP contribution in [-0.4, -0.2) is 63.2 Å². The Morgan fingerprint density at radius 2 is 1.55 bits per heavy atom. The van der Waals surface area contributed by atoms with Crippen molar-refractivity contribution in [2.75, 3.05) is 27.3 Å². The Labute approximate surface area is 192 Å². The van der Waals surface area contributed by atoms with Crippen LogP contribution in [0.2, 0.25) is 0 Å². The molecule has 4 heterocycles. The summed E-state index contributed by atoms with van der Waals surface area (Å²) < 4.78 is 13.4. The van der Waals surface area contributed by atoms with E-state index in [1.165, 1.54) is 19.8 Å². The van der Waals surface area contributed by atoms with E-state index in [0.29, 0.717) is 17.9 Å². The molecule has 0 spiro atoms. The van der Waals surface area contributed by atoms with Crippen molar-refractivity contribution < 1.29 is 19.1 Å². The zero-order valence-corrected chi connectivity index (χ0v) is 18.9. The smallest absolute Gasteiger partial charge is 0.358 e. The third-order valence-corrected chi connectivity index (χ3v) is 5.75. The number of benzene rings is 1. The zero-order chi connectivity index (χ0) is 23.2. The number of carbonyl (C=O) groups is 2. The summed E-state index contributed by atoms with van der Waals surface area (Å²) in [5.74, 6) is -0.724. The topological polar surface area (TPSA) is 104 Å². The first kappa shape index (κ1) is 22.7. The summed E-state index contributed by atoms with van der Waals surface area (Å²) in [4.78, 5) is 33.4. The fourth-order valence-electron chi connectivity index (χ4n) is 4.01. The maximum absolute atomic E-state index is 11.7. The Morgan fingerprint density at radius 3 is 2.21 bits per heavy atom. The van der Waals surface area contributed by atoms with Crippen LogP contribution < -0.4 is 5.32 Å². The molecule has 0 radical (unpaired) electrons. The van der Waals surface area contributed by atoms with Gasteiger partial charge in [-0.2, -0.15) is 0 Å². The van der Waals surface area contributed by atoms with Crippen molar-refractivity contribution in [2.24, 2.45) is 0 Å². The highest BCUT2D eigenvalue weighted by Gasteiger charge is 2.24. The summed E-state index contributed by atoms with van der Waals surface area (Å²) in [6.45, 7) is 5.88. The molecule has 3 aromatic rings. The number of fused-ring (bicyclic) bond motifs is 2. The minimum Gasteiger partial charge on any atom is -0.464 e. The van der Waals surface area contributed by atoms with Gasteiger partial charge in [-0.25, -0.2) is 19.6 Å².